The summed E-state index contributed by atoms with van der Waals surface area (Å²) in [5.41, 5.74) is 1.23. The molecule has 2 aliphatic rings. The Labute approximate surface area is 158 Å². The number of rotatable bonds is 7. The Bertz CT molecular complexity index is 654. The predicted octanol–water partition coefficient (Wildman–Crippen LogP) is 1.64. The first kappa shape index (κ1) is 19.8. The quantitative estimate of drug-likeness (QED) is 0.781. The van der Waals surface area contributed by atoms with Crippen LogP contribution < -0.4 is 5.32 Å². The molecule has 1 atom stereocenters. The first-order valence-corrected chi connectivity index (χ1v) is 11.8. The average molecular weight is 380 g/mol. The number of hydrogen-bond acceptors (Lipinski definition) is 5. The molecule has 26 heavy (non-hydrogen) atoms. The third kappa shape index (κ3) is 6.05. The number of benzene rings is 1. The summed E-state index contributed by atoms with van der Waals surface area (Å²) in [6, 6.07) is 7.38. The van der Waals surface area contributed by atoms with Crippen molar-refractivity contribution in [1.82, 2.24) is 15.1 Å². The van der Waals surface area contributed by atoms with Gasteiger partial charge in [-0.3, -0.25) is 0 Å². The van der Waals surface area contributed by atoms with Gasteiger partial charge in [0.15, 0.2) is 9.84 Å². The molecule has 1 N–H and O–H groups in total. The SMILES string of the molecule is CS(=O)(=O)c1ccc(CCCN2CCCC(CN3CCNCC3)C2)cc1. The van der Waals surface area contributed by atoms with Gasteiger partial charge in [0.2, 0.25) is 0 Å². The van der Waals surface area contributed by atoms with Crippen molar-refractivity contribution >= 4 is 9.84 Å². The molecule has 146 valence electrons. The molecule has 1 aromatic rings. The summed E-state index contributed by atoms with van der Waals surface area (Å²) in [5, 5.41) is 3.43. The minimum atomic E-state index is -3.09. The number of hydrogen-bond donors (Lipinski definition) is 1. The summed E-state index contributed by atoms with van der Waals surface area (Å²) in [6.07, 6.45) is 6.10. The maximum atomic E-state index is 11.5. The molecule has 5 nitrogen and oxygen atoms in total. The second kappa shape index (κ2) is 9.31. The highest BCUT2D eigenvalue weighted by Gasteiger charge is 2.22. The van der Waals surface area contributed by atoms with E-state index in [0.29, 0.717) is 4.90 Å². The molecule has 2 fully saturated rings. The third-order valence-corrected chi connectivity index (χ3v) is 6.75. The monoisotopic (exact) mass is 379 g/mol. The topological polar surface area (TPSA) is 52.7 Å². The van der Waals surface area contributed by atoms with E-state index < -0.39 is 9.84 Å². The molecule has 2 aliphatic heterocycles. The summed E-state index contributed by atoms with van der Waals surface area (Å²) in [6.45, 7) is 9.52. The molecule has 0 radical (unpaired) electrons. The summed E-state index contributed by atoms with van der Waals surface area (Å²) < 4.78 is 23.0. The fourth-order valence-corrected chi connectivity index (χ4v) is 4.80. The fourth-order valence-electron chi connectivity index (χ4n) is 4.17. The predicted molar refractivity (Wildman–Crippen MR) is 106 cm³/mol. The van der Waals surface area contributed by atoms with Crippen molar-refractivity contribution in [3.8, 4) is 0 Å². The summed E-state index contributed by atoms with van der Waals surface area (Å²) in [5.74, 6) is 0.816. The number of likely N-dealkylation sites (tertiary alicyclic amines) is 1. The van der Waals surface area contributed by atoms with Gasteiger partial charge >= 0.3 is 0 Å². The van der Waals surface area contributed by atoms with Gasteiger partial charge in [0.1, 0.15) is 0 Å². The Morgan fingerprint density at radius 1 is 1.08 bits per heavy atom. The lowest BCUT2D eigenvalue weighted by Crippen LogP contribution is -2.48. The van der Waals surface area contributed by atoms with E-state index in [0.717, 1.165) is 38.4 Å². The van der Waals surface area contributed by atoms with E-state index in [4.69, 9.17) is 0 Å². The molecule has 6 heteroatoms. The second-order valence-electron chi connectivity index (χ2n) is 7.88. The van der Waals surface area contributed by atoms with Crippen LogP contribution in [-0.2, 0) is 16.3 Å². The van der Waals surface area contributed by atoms with E-state index in [1.807, 2.05) is 12.1 Å². The standard InChI is InChI=1S/C20H33N3O2S/c1-26(24,25)20-8-6-18(7-9-20)4-2-12-22-13-3-5-19(16-22)17-23-14-10-21-11-15-23/h6-9,19,21H,2-5,10-17H2,1H3. The molecule has 2 saturated heterocycles. The highest BCUT2D eigenvalue weighted by molar-refractivity contribution is 7.90. The number of aryl methyl sites for hydroxylation is 1. The van der Waals surface area contributed by atoms with Crippen molar-refractivity contribution in [1.29, 1.82) is 0 Å². The molecule has 0 aromatic heterocycles. The summed E-state index contributed by atoms with van der Waals surface area (Å²) in [7, 11) is -3.09. The second-order valence-corrected chi connectivity index (χ2v) is 9.89. The van der Waals surface area contributed by atoms with Crippen LogP contribution in [0.3, 0.4) is 0 Å². The van der Waals surface area contributed by atoms with Crippen LogP contribution >= 0.6 is 0 Å². The maximum absolute atomic E-state index is 11.5. The van der Waals surface area contributed by atoms with E-state index in [1.54, 1.807) is 12.1 Å². The molecule has 0 amide bonds. The largest absolute Gasteiger partial charge is 0.314 e. The van der Waals surface area contributed by atoms with Crippen molar-refractivity contribution < 1.29 is 8.42 Å². The average Bonchev–Trinajstić information content (AvgIpc) is 2.63. The Hall–Kier alpha value is -0.950. The van der Waals surface area contributed by atoms with Crippen molar-refractivity contribution in [3.63, 3.8) is 0 Å². The molecule has 1 aromatic carbocycles. The molecule has 1 unspecified atom stereocenters. The number of piperidine rings is 1. The number of nitrogens with zero attached hydrogens (tertiary/aromatic N) is 2. The molecule has 0 aliphatic carbocycles. The lowest BCUT2D eigenvalue weighted by molar-refractivity contribution is 0.125. The van der Waals surface area contributed by atoms with Crippen LogP contribution in [0.25, 0.3) is 0 Å². The van der Waals surface area contributed by atoms with Crippen LogP contribution in [0.5, 0.6) is 0 Å². The molecular formula is C20H33N3O2S. The van der Waals surface area contributed by atoms with E-state index in [2.05, 4.69) is 15.1 Å². The fraction of sp³-hybridized carbons (Fsp3) is 0.700. The van der Waals surface area contributed by atoms with E-state index in [9.17, 15) is 8.42 Å². The third-order valence-electron chi connectivity index (χ3n) is 5.62. The van der Waals surface area contributed by atoms with Crippen molar-refractivity contribution in [2.24, 2.45) is 5.92 Å². The van der Waals surface area contributed by atoms with Crippen molar-refractivity contribution in [2.75, 3.05) is 58.6 Å². The van der Waals surface area contributed by atoms with Crippen LogP contribution in [-0.4, -0.2) is 76.8 Å². The van der Waals surface area contributed by atoms with Crippen molar-refractivity contribution in [2.45, 2.75) is 30.6 Å². The minimum absolute atomic E-state index is 0.410. The Morgan fingerprint density at radius 3 is 2.50 bits per heavy atom. The van der Waals surface area contributed by atoms with Gasteiger partial charge in [-0.2, -0.15) is 0 Å². The van der Waals surface area contributed by atoms with Crippen molar-refractivity contribution in [3.05, 3.63) is 29.8 Å². The van der Waals surface area contributed by atoms with Crippen LogP contribution in [0.2, 0.25) is 0 Å². The van der Waals surface area contributed by atoms with Gasteiger partial charge in [0, 0.05) is 45.5 Å². The molecule has 2 heterocycles. The van der Waals surface area contributed by atoms with Crippen LogP contribution in [0.15, 0.2) is 29.2 Å². The van der Waals surface area contributed by atoms with E-state index in [1.165, 1.54) is 57.4 Å². The Morgan fingerprint density at radius 2 is 1.81 bits per heavy atom. The van der Waals surface area contributed by atoms with Gasteiger partial charge in [-0.25, -0.2) is 8.42 Å². The highest BCUT2D eigenvalue weighted by atomic mass is 32.2. The van der Waals surface area contributed by atoms with E-state index >= 15 is 0 Å². The van der Waals surface area contributed by atoms with Gasteiger partial charge in [-0.1, -0.05) is 12.1 Å². The zero-order valence-corrected chi connectivity index (χ0v) is 16.8. The summed E-state index contributed by atoms with van der Waals surface area (Å²) >= 11 is 0. The van der Waals surface area contributed by atoms with Gasteiger partial charge in [0.05, 0.1) is 4.90 Å². The lowest BCUT2D eigenvalue weighted by atomic mass is 9.96. The molecule has 0 bridgehead atoms. The smallest absolute Gasteiger partial charge is 0.175 e. The first-order chi connectivity index (χ1) is 12.5. The Kier molecular flexibility index (Phi) is 7.09. The maximum Gasteiger partial charge on any atom is 0.175 e. The zero-order valence-electron chi connectivity index (χ0n) is 16.0. The molecule has 0 spiro atoms. The molecule has 3 rings (SSSR count). The van der Waals surface area contributed by atoms with Crippen LogP contribution in [0.4, 0.5) is 0 Å². The first-order valence-electron chi connectivity index (χ1n) is 9.95. The van der Waals surface area contributed by atoms with Gasteiger partial charge < -0.3 is 15.1 Å². The Balaban J connectivity index is 1.40. The van der Waals surface area contributed by atoms with Gasteiger partial charge in [-0.15, -0.1) is 0 Å². The van der Waals surface area contributed by atoms with E-state index in [-0.39, 0.29) is 0 Å². The number of piperazine rings is 1. The number of nitrogens with one attached hydrogen (secondary N) is 1. The normalized spacial score (nSPS) is 23.2. The van der Waals surface area contributed by atoms with Crippen LogP contribution in [0, 0.1) is 5.92 Å². The summed E-state index contributed by atoms with van der Waals surface area (Å²) in [4.78, 5) is 5.66. The number of sulfone groups is 1. The van der Waals surface area contributed by atoms with Crippen LogP contribution in [0.1, 0.15) is 24.8 Å². The van der Waals surface area contributed by atoms with Gasteiger partial charge in [-0.05, 0) is 62.4 Å². The lowest BCUT2D eigenvalue weighted by Gasteiger charge is -2.37. The zero-order chi connectivity index (χ0) is 18.4. The van der Waals surface area contributed by atoms with Gasteiger partial charge in [0.25, 0.3) is 0 Å². The highest BCUT2D eigenvalue weighted by Crippen LogP contribution is 2.19. The minimum Gasteiger partial charge on any atom is -0.314 e. The molecular weight excluding hydrogens is 346 g/mol. The molecule has 0 saturated carbocycles.